The zero-order valence-electron chi connectivity index (χ0n) is 37.7. The van der Waals surface area contributed by atoms with Gasteiger partial charge in [-0.15, -0.1) is 0 Å². The predicted octanol–water partition coefficient (Wildman–Crippen LogP) is 5.10. The van der Waals surface area contributed by atoms with E-state index in [2.05, 4.69) is 0 Å². The van der Waals surface area contributed by atoms with Crippen LogP contribution in [0.1, 0.15) is 72.7 Å². The topological polar surface area (TPSA) is 12.5 Å². The zero-order valence-corrected chi connectivity index (χ0v) is 12.5. The standard InChI is InChI=1S/C21H26ClNO/c1-21(17-7-4-3-5-8-17,18-10-12-19(22)13-11-18)24-16-14-20-9-6-15-23(20)2/h3-5,7-8,10-13,20H,6,9,14-16H2,1-2H3/t20-,21-/m1/s1/i1D3,2D3,3D,4D,5D,6D2,7D,8D,9D2,10D,11D,12D,13D,14D2,15D2,16D2,20D. The molecule has 2 aromatic carbocycles. The summed E-state index contributed by atoms with van der Waals surface area (Å²) >= 11 is 5.87. The lowest BCUT2D eigenvalue weighted by molar-refractivity contribution is -0.0117. The van der Waals surface area contributed by atoms with Crippen molar-refractivity contribution in [3.63, 3.8) is 0 Å². The van der Waals surface area contributed by atoms with E-state index in [9.17, 15) is 0 Å². The summed E-state index contributed by atoms with van der Waals surface area (Å²) in [5.41, 5.74) is -7.54. The average molecular weight is 370 g/mol. The third kappa shape index (κ3) is 3.83. The van der Waals surface area contributed by atoms with Gasteiger partial charge in [0.1, 0.15) is 5.60 Å². The molecule has 2 atom stereocenters. The number of ether oxygens (including phenoxy) is 1. The van der Waals surface area contributed by atoms with Crippen molar-refractivity contribution in [3.05, 3.63) is 70.5 Å². The normalized spacial score (nSPS) is 48.2. The van der Waals surface area contributed by atoms with Crippen LogP contribution in [0.25, 0.3) is 0 Å². The highest BCUT2D eigenvalue weighted by Gasteiger charge is 2.30. The number of benzene rings is 2. The van der Waals surface area contributed by atoms with Crippen LogP contribution in [-0.4, -0.2) is 30.9 Å². The molecule has 0 spiro atoms. The molecule has 2 nitrogen and oxygen atoms in total. The molecule has 2 aromatic rings. The number of halogens is 1. The zero-order chi connectivity index (χ0) is 39.7. The summed E-state index contributed by atoms with van der Waals surface area (Å²) in [7, 11) is 0. The molecule has 3 rings (SSSR count). The summed E-state index contributed by atoms with van der Waals surface area (Å²) in [6.45, 7) is -17.4. The Morgan fingerprint density at radius 1 is 1.33 bits per heavy atom. The lowest BCUT2D eigenvalue weighted by atomic mass is 9.88. The van der Waals surface area contributed by atoms with Gasteiger partial charge in [0.05, 0.1) is 15.1 Å². The summed E-state index contributed by atoms with van der Waals surface area (Å²) in [5.74, 6) is 0. The fourth-order valence-electron chi connectivity index (χ4n) is 1.62. The van der Waals surface area contributed by atoms with Crippen LogP contribution in [0.5, 0.6) is 0 Å². The lowest BCUT2D eigenvalue weighted by Crippen LogP contribution is -2.31. The molecule has 3 heteroatoms. The number of rotatable bonds is 6. The molecular formula is C21H26ClNO. The maximum atomic E-state index is 8.87. The van der Waals surface area contributed by atoms with Crippen LogP contribution in [0.15, 0.2) is 54.4 Å². The van der Waals surface area contributed by atoms with Gasteiger partial charge in [-0.1, -0.05) is 53.9 Å². The first-order valence-electron chi connectivity index (χ1n) is 19.3. The van der Waals surface area contributed by atoms with Gasteiger partial charge in [-0.2, -0.15) is 0 Å². The average Bonchev–Trinajstić information content (AvgIpc) is 3.03. The molecule has 1 saturated heterocycles. The molecular weight excluding hydrogens is 318 g/mol. The van der Waals surface area contributed by atoms with Gasteiger partial charge in [-0.3, -0.25) is 0 Å². The smallest absolute Gasteiger partial charge is 0.115 e. The Balaban J connectivity index is 2.70. The van der Waals surface area contributed by atoms with Gasteiger partial charge in [0.25, 0.3) is 0 Å². The highest BCUT2D eigenvalue weighted by Crippen LogP contribution is 2.34. The molecule has 0 unspecified atom stereocenters. The summed E-state index contributed by atoms with van der Waals surface area (Å²) < 4.78 is 222. The Kier molecular flexibility index (Phi) is 1.33. The highest BCUT2D eigenvalue weighted by atomic mass is 35.5. The lowest BCUT2D eigenvalue weighted by Gasteiger charge is -2.32. The van der Waals surface area contributed by atoms with Crippen LogP contribution in [0.3, 0.4) is 0 Å². The number of nitrogens with zero attached hydrogens (tertiary/aromatic N) is 1. The SMILES string of the molecule is [2H]c1c([2H])c([2H])c([C@@](OC([2H])([2H])C([2H])([2H])[C@]2([2H])N(C([2H])([2H])[2H])C([2H])([2H])C([2H])([2H])C2([2H])[2H])(c2c([2H])c([2H])c(Cl)c([2H])c2[2H])C([2H])([2H])[2H])c([2H])c1[2H]. The number of hydrogen-bond donors (Lipinski definition) is 0. The Labute approximate surface area is 186 Å². The molecule has 1 heterocycles. The van der Waals surface area contributed by atoms with Gasteiger partial charge in [-0.05, 0) is 62.7 Å². The minimum atomic E-state index is -4.79. The molecule has 0 radical (unpaired) electrons. The first-order chi connectivity index (χ1) is 21.9. The van der Waals surface area contributed by atoms with Crippen molar-refractivity contribution in [3.8, 4) is 0 Å². The quantitative estimate of drug-likeness (QED) is 0.701. The predicted molar refractivity (Wildman–Crippen MR) is 101 cm³/mol. The maximum absolute atomic E-state index is 8.87. The van der Waals surface area contributed by atoms with Gasteiger partial charge in [-0.25, -0.2) is 0 Å². The fraction of sp³-hybridized carbons (Fsp3) is 0.429. The van der Waals surface area contributed by atoms with E-state index in [4.69, 9.17) is 52.0 Å². The number of hydrogen-bond acceptors (Lipinski definition) is 2. The maximum Gasteiger partial charge on any atom is 0.115 e. The van der Waals surface area contributed by atoms with Crippen molar-refractivity contribution < 1.29 is 40.4 Å². The van der Waals surface area contributed by atoms with Crippen molar-refractivity contribution in [2.45, 2.75) is 37.6 Å². The second-order valence-electron chi connectivity index (χ2n) is 4.25. The Morgan fingerprint density at radius 2 is 2.08 bits per heavy atom. The van der Waals surface area contributed by atoms with Crippen molar-refractivity contribution in [2.24, 2.45) is 0 Å². The molecule has 0 bridgehead atoms. The fourth-order valence-corrected chi connectivity index (χ4v) is 1.71. The molecule has 1 aliphatic heterocycles. The largest absolute Gasteiger partial charge is 0.366 e. The van der Waals surface area contributed by atoms with E-state index in [0.717, 1.165) is 0 Å². The monoisotopic (exact) mass is 369 g/mol. The van der Waals surface area contributed by atoms with Crippen LogP contribution in [-0.2, 0) is 10.3 Å². The molecule has 0 aromatic heterocycles. The van der Waals surface area contributed by atoms with Crippen molar-refractivity contribution in [1.82, 2.24) is 4.90 Å². The molecule has 0 saturated carbocycles. The van der Waals surface area contributed by atoms with E-state index in [1.807, 2.05) is 0 Å². The minimum absolute atomic E-state index is 0.923. The Hall–Kier alpha value is -1.35. The van der Waals surface area contributed by atoms with E-state index in [1.54, 1.807) is 0 Å². The van der Waals surface area contributed by atoms with Gasteiger partial charge in [0.2, 0.25) is 0 Å². The first kappa shape index (κ1) is 4.14. The van der Waals surface area contributed by atoms with Gasteiger partial charge < -0.3 is 9.64 Å². The molecule has 1 aliphatic rings. The second kappa shape index (κ2) is 7.69. The molecule has 24 heavy (non-hydrogen) atoms. The van der Waals surface area contributed by atoms with Crippen molar-refractivity contribution in [2.75, 3.05) is 20.0 Å². The third-order valence-corrected chi connectivity index (χ3v) is 2.93. The molecule has 128 valence electrons. The third-order valence-electron chi connectivity index (χ3n) is 2.74. The summed E-state index contributed by atoms with van der Waals surface area (Å²) in [6, 6.07) is -16.9. The summed E-state index contributed by atoms with van der Waals surface area (Å²) in [5, 5.41) is -0.954. The minimum Gasteiger partial charge on any atom is -0.366 e. The van der Waals surface area contributed by atoms with Gasteiger partial charge in [0.15, 0.2) is 0 Å². The Morgan fingerprint density at radius 3 is 2.79 bits per heavy atom. The van der Waals surface area contributed by atoms with Crippen LogP contribution < -0.4 is 0 Å². The van der Waals surface area contributed by atoms with E-state index in [-0.39, 0.29) is 0 Å². The second-order valence-corrected chi connectivity index (χ2v) is 4.62. The van der Waals surface area contributed by atoms with Crippen molar-refractivity contribution in [1.29, 1.82) is 0 Å². The first-order valence-corrected chi connectivity index (χ1v) is 6.65. The van der Waals surface area contributed by atoms with Crippen molar-refractivity contribution >= 4 is 11.6 Å². The Bertz CT molecular complexity index is 1600. The van der Waals surface area contributed by atoms with E-state index >= 15 is 0 Å². The summed E-state index contributed by atoms with van der Waals surface area (Å²) in [6.07, 6.45) is -13.3. The van der Waals surface area contributed by atoms with Gasteiger partial charge >= 0.3 is 0 Å². The molecule has 0 aliphatic carbocycles. The van der Waals surface area contributed by atoms with Crippen LogP contribution >= 0.6 is 11.6 Å². The van der Waals surface area contributed by atoms with Crippen LogP contribution in [0.4, 0.5) is 0 Å². The number of likely N-dealkylation sites (tertiary alicyclic amines) is 1. The van der Waals surface area contributed by atoms with E-state index < -0.39 is 133 Å². The van der Waals surface area contributed by atoms with Crippen LogP contribution in [0.2, 0.25) is 5.02 Å². The van der Waals surface area contributed by atoms with E-state index in [1.165, 1.54) is 0 Å². The molecule has 0 amide bonds. The van der Waals surface area contributed by atoms with Crippen LogP contribution in [0, 0.1) is 0 Å². The highest BCUT2D eigenvalue weighted by molar-refractivity contribution is 6.30. The van der Waals surface area contributed by atoms with Gasteiger partial charge in [0, 0.05) is 38.2 Å². The summed E-state index contributed by atoms with van der Waals surface area (Å²) in [4.78, 5) is -0.923. The van der Waals surface area contributed by atoms with E-state index in [0.29, 0.717) is 0 Å². The molecule has 1 fully saturated rings. The molecule has 0 N–H and O–H groups in total.